The van der Waals surface area contributed by atoms with Gasteiger partial charge in [0.15, 0.2) is 23.3 Å². The van der Waals surface area contributed by atoms with Crippen LogP contribution in [0.1, 0.15) is 0 Å². The molecule has 0 saturated heterocycles. The molecule has 0 aliphatic rings. The molecule has 0 saturated carbocycles. The van der Waals surface area contributed by atoms with Gasteiger partial charge < -0.3 is 9.47 Å². The molecule has 7 heteroatoms. The SMILES string of the molecule is Fc1c(F)c(-c2ccc(N(c3ccc(-c4ccccc4)cc3)c3ccc(-c4ccccc4)cc3)cc2)c(F)c(-n2c3ccccc3c3ccncc32)c1F. The fraction of sp³-hybridized carbons (Fsp3) is 0. The molecule has 0 amide bonds. The van der Waals surface area contributed by atoms with Gasteiger partial charge in [-0.2, -0.15) is 0 Å². The summed E-state index contributed by atoms with van der Waals surface area (Å²) in [4.78, 5) is 6.18. The monoisotopic (exact) mass is 711 g/mol. The number of anilines is 3. The quantitative estimate of drug-likeness (QED) is 0.0932. The van der Waals surface area contributed by atoms with Crippen LogP contribution in [0.2, 0.25) is 0 Å². The molecule has 3 nitrogen and oxygen atoms in total. The number of hydrogen-bond acceptors (Lipinski definition) is 2. The molecule has 260 valence electrons. The van der Waals surface area contributed by atoms with Crippen LogP contribution >= 0.6 is 0 Å². The average Bonchev–Trinajstić information content (AvgIpc) is 3.56. The van der Waals surface area contributed by atoms with E-state index in [0.29, 0.717) is 27.5 Å². The zero-order chi connectivity index (χ0) is 36.8. The molecule has 0 unspecified atom stereocenters. The molecule has 2 heterocycles. The smallest absolute Gasteiger partial charge is 0.197 e. The maximum atomic E-state index is 16.7. The van der Waals surface area contributed by atoms with E-state index in [2.05, 4.69) is 4.98 Å². The van der Waals surface area contributed by atoms with Gasteiger partial charge in [0.1, 0.15) is 5.69 Å². The molecule has 54 heavy (non-hydrogen) atoms. The Balaban J connectivity index is 1.16. The first-order valence-corrected chi connectivity index (χ1v) is 17.4. The Kier molecular flexibility index (Phi) is 8.24. The molecule has 0 atom stereocenters. The van der Waals surface area contributed by atoms with Gasteiger partial charge in [0.25, 0.3) is 0 Å². The summed E-state index contributed by atoms with van der Waals surface area (Å²) in [6.45, 7) is 0. The molecule has 9 aromatic rings. The highest BCUT2D eigenvalue weighted by Gasteiger charge is 2.29. The first-order valence-electron chi connectivity index (χ1n) is 17.4. The van der Waals surface area contributed by atoms with Crippen molar-refractivity contribution < 1.29 is 17.6 Å². The number of hydrogen-bond donors (Lipinski definition) is 0. The van der Waals surface area contributed by atoms with Crippen molar-refractivity contribution in [1.29, 1.82) is 0 Å². The van der Waals surface area contributed by atoms with Crippen molar-refractivity contribution in [2.75, 3.05) is 4.90 Å². The van der Waals surface area contributed by atoms with E-state index in [9.17, 15) is 0 Å². The number of fused-ring (bicyclic) bond motifs is 3. The second kappa shape index (κ2) is 13.5. The lowest BCUT2D eigenvalue weighted by molar-refractivity contribution is 0.434. The number of pyridine rings is 1. The van der Waals surface area contributed by atoms with E-state index in [-0.39, 0.29) is 5.56 Å². The minimum atomic E-state index is -1.76. The number of benzene rings is 7. The molecular weight excluding hydrogens is 683 g/mol. The van der Waals surface area contributed by atoms with Crippen LogP contribution in [0.5, 0.6) is 0 Å². The van der Waals surface area contributed by atoms with Crippen LogP contribution in [0.25, 0.3) is 60.9 Å². The predicted octanol–water partition coefficient (Wildman–Crippen LogP) is 13.2. The van der Waals surface area contributed by atoms with Gasteiger partial charge in [0, 0.05) is 34.0 Å². The van der Waals surface area contributed by atoms with E-state index < -0.39 is 34.5 Å². The Labute approximate surface area is 308 Å². The van der Waals surface area contributed by atoms with E-state index in [1.807, 2.05) is 114 Å². The number of aromatic nitrogens is 2. The molecule has 0 aliphatic heterocycles. The molecule has 0 bridgehead atoms. The van der Waals surface area contributed by atoms with Gasteiger partial charge in [-0.1, -0.05) is 115 Å². The molecule has 7 aromatic carbocycles. The maximum Gasteiger partial charge on any atom is 0.197 e. The summed E-state index contributed by atoms with van der Waals surface area (Å²) in [5, 5.41) is 1.36. The number of halogens is 4. The van der Waals surface area contributed by atoms with Crippen molar-refractivity contribution >= 4 is 38.9 Å². The average molecular weight is 712 g/mol. The van der Waals surface area contributed by atoms with Crippen LogP contribution < -0.4 is 4.90 Å². The summed E-state index contributed by atoms with van der Waals surface area (Å²) in [5.74, 6) is -6.22. The van der Waals surface area contributed by atoms with Crippen molar-refractivity contribution in [2.24, 2.45) is 0 Å². The highest BCUT2D eigenvalue weighted by atomic mass is 19.2. The standard InChI is InChI=1S/C47H29F4N3/c48-43-42(44(49)47(46(51)45(43)50)54-40-14-8-7-13-38(40)39-27-28-52-29-41(39)54)34-19-25-37(26-20-34)53(35-21-15-32(16-22-35)30-9-3-1-4-10-30)36-23-17-33(18-24-36)31-11-5-2-6-12-31/h1-29H. The van der Waals surface area contributed by atoms with Crippen LogP contribution in [0, 0.1) is 23.3 Å². The van der Waals surface area contributed by atoms with Crippen molar-refractivity contribution in [2.45, 2.75) is 0 Å². The van der Waals surface area contributed by atoms with E-state index in [1.54, 1.807) is 48.7 Å². The van der Waals surface area contributed by atoms with Gasteiger partial charge in [-0.05, 0) is 76.3 Å². The maximum absolute atomic E-state index is 16.7. The lowest BCUT2D eigenvalue weighted by atomic mass is 10.0. The van der Waals surface area contributed by atoms with Crippen LogP contribution in [-0.4, -0.2) is 9.55 Å². The molecule has 9 rings (SSSR count). The van der Waals surface area contributed by atoms with Gasteiger partial charge in [0.05, 0.1) is 22.8 Å². The van der Waals surface area contributed by atoms with E-state index in [1.165, 1.54) is 22.9 Å². The highest BCUT2D eigenvalue weighted by Crippen LogP contribution is 2.41. The predicted molar refractivity (Wildman–Crippen MR) is 209 cm³/mol. The highest BCUT2D eigenvalue weighted by molar-refractivity contribution is 6.09. The fourth-order valence-electron chi connectivity index (χ4n) is 7.22. The fourth-order valence-corrected chi connectivity index (χ4v) is 7.22. The Morgan fingerprint density at radius 1 is 0.389 bits per heavy atom. The zero-order valence-electron chi connectivity index (χ0n) is 28.6. The third-order valence-electron chi connectivity index (χ3n) is 9.82. The normalized spacial score (nSPS) is 11.3. The second-order valence-corrected chi connectivity index (χ2v) is 12.9. The van der Waals surface area contributed by atoms with Crippen molar-refractivity contribution in [1.82, 2.24) is 9.55 Å². The van der Waals surface area contributed by atoms with Crippen LogP contribution in [0.15, 0.2) is 176 Å². The van der Waals surface area contributed by atoms with Gasteiger partial charge in [-0.15, -0.1) is 0 Å². The molecule has 0 radical (unpaired) electrons. The van der Waals surface area contributed by atoms with Crippen LogP contribution in [-0.2, 0) is 0 Å². The van der Waals surface area contributed by atoms with Crippen LogP contribution in [0.3, 0.4) is 0 Å². The minimum absolute atomic E-state index is 0.0478. The summed E-state index contributed by atoms with van der Waals surface area (Å²) in [7, 11) is 0. The molecule has 0 spiro atoms. The summed E-state index contributed by atoms with van der Waals surface area (Å²) in [5.41, 5.74) is 6.10. The Morgan fingerprint density at radius 3 is 1.41 bits per heavy atom. The first kappa shape index (κ1) is 32.9. The second-order valence-electron chi connectivity index (χ2n) is 12.9. The van der Waals surface area contributed by atoms with Crippen molar-refractivity contribution in [3.8, 4) is 39.1 Å². The van der Waals surface area contributed by atoms with Gasteiger partial charge in [0.2, 0.25) is 0 Å². The topological polar surface area (TPSA) is 21.1 Å². The van der Waals surface area contributed by atoms with Gasteiger partial charge in [-0.3, -0.25) is 4.98 Å². The Bertz CT molecular complexity index is 2640. The summed E-state index contributed by atoms with van der Waals surface area (Å²) in [6, 6.07) is 51.6. The Hall–Kier alpha value is -6.99. The van der Waals surface area contributed by atoms with Crippen molar-refractivity contribution in [3.05, 3.63) is 199 Å². The van der Waals surface area contributed by atoms with Crippen molar-refractivity contribution in [3.63, 3.8) is 0 Å². The largest absolute Gasteiger partial charge is 0.311 e. The third-order valence-corrected chi connectivity index (χ3v) is 9.82. The zero-order valence-corrected chi connectivity index (χ0v) is 28.6. The van der Waals surface area contributed by atoms with E-state index in [4.69, 9.17) is 0 Å². The summed E-state index contributed by atoms with van der Waals surface area (Å²) in [6.07, 6.45) is 3.03. The minimum Gasteiger partial charge on any atom is -0.311 e. The lowest BCUT2D eigenvalue weighted by Crippen LogP contribution is -2.10. The number of para-hydroxylation sites is 1. The molecule has 0 fully saturated rings. The summed E-state index contributed by atoms with van der Waals surface area (Å²) < 4.78 is 65.0. The molecule has 2 aromatic heterocycles. The van der Waals surface area contributed by atoms with Gasteiger partial charge >= 0.3 is 0 Å². The summed E-state index contributed by atoms with van der Waals surface area (Å²) >= 11 is 0. The Morgan fingerprint density at radius 2 is 0.852 bits per heavy atom. The van der Waals surface area contributed by atoms with E-state index in [0.717, 1.165) is 33.6 Å². The number of rotatable bonds is 7. The number of nitrogens with zero attached hydrogens (tertiary/aromatic N) is 3. The third kappa shape index (κ3) is 5.58. The lowest BCUT2D eigenvalue weighted by Gasteiger charge is -2.26. The van der Waals surface area contributed by atoms with Gasteiger partial charge in [-0.25, -0.2) is 17.6 Å². The van der Waals surface area contributed by atoms with E-state index >= 15 is 17.6 Å². The molecular formula is C47H29F4N3. The molecule has 0 aliphatic carbocycles. The first-order chi connectivity index (χ1) is 26.5. The molecule has 0 N–H and O–H groups in total. The van der Waals surface area contributed by atoms with Crippen LogP contribution in [0.4, 0.5) is 34.6 Å².